The molecular weight excluding hydrogens is 177 g/mol. The Labute approximate surface area is 84.6 Å². The van der Waals surface area contributed by atoms with Crippen molar-refractivity contribution in [3.8, 4) is 0 Å². The van der Waals surface area contributed by atoms with Gasteiger partial charge in [-0.2, -0.15) is 0 Å². The van der Waals surface area contributed by atoms with Crippen LogP contribution in [0.5, 0.6) is 0 Å². The van der Waals surface area contributed by atoms with E-state index in [1.54, 1.807) is 25.4 Å². The number of nitrogens with zero attached hydrogens (tertiary/aromatic N) is 1. The maximum Gasteiger partial charge on any atom is 0.306 e. The second kappa shape index (κ2) is 4.79. The Morgan fingerprint density at radius 3 is 2.86 bits per heavy atom. The number of carboxylic acids is 1. The SMILES string of the molecule is [B]CC(c1cccnc1)[C@H](C)C(=O)O. The molecule has 0 bridgehead atoms. The van der Waals surface area contributed by atoms with Crippen molar-refractivity contribution in [3.05, 3.63) is 30.1 Å². The van der Waals surface area contributed by atoms with Gasteiger partial charge in [-0.15, -0.1) is 0 Å². The molecule has 1 aromatic heterocycles. The lowest BCUT2D eigenvalue weighted by atomic mass is 9.78. The van der Waals surface area contributed by atoms with Crippen LogP contribution in [0.1, 0.15) is 18.4 Å². The highest BCUT2D eigenvalue weighted by molar-refractivity contribution is 6.09. The van der Waals surface area contributed by atoms with Gasteiger partial charge < -0.3 is 5.11 Å². The van der Waals surface area contributed by atoms with Gasteiger partial charge in [0.15, 0.2) is 0 Å². The van der Waals surface area contributed by atoms with E-state index in [4.69, 9.17) is 13.0 Å². The fourth-order valence-corrected chi connectivity index (χ4v) is 1.40. The highest BCUT2D eigenvalue weighted by atomic mass is 16.4. The number of rotatable bonds is 4. The van der Waals surface area contributed by atoms with Gasteiger partial charge in [0.25, 0.3) is 0 Å². The van der Waals surface area contributed by atoms with E-state index in [9.17, 15) is 4.79 Å². The summed E-state index contributed by atoms with van der Waals surface area (Å²) in [5, 5.41) is 8.87. The predicted octanol–water partition coefficient (Wildman–Crippen LogP) is 1.47. The quantitative estimate of drug-likeness (QED) is 0.729. The molecule has 0 fully saturated rings. The molecule has 0 saturated carbocycles. The van der Waals surface area contributed by atoms with Crippen LogP contribution in [0.2, 0.25) is 6.32 Å². The summed E-state index contributed by atoms with van der Waals surface area (Å²) in [5.74, 6) is -1.48. The summed E-state index contributed by atoms with van der Waals surface area (Å²) in [7, 11) is 5.55. The van der Waals surface area contributed by atoms with Gasteiger partial charge in [-0.1, -0.05) is 19.3 Å². The molecule has 1 aromatic rings. The molecule has 0 aromatic carbocycles. The number of carboxylic acid groups (broad SMARTS) is 1. The van der Waals surface area contributed by atoms with Gasteiger partial charge in [0.05, 0.1) is 13.8 Å². The van der Waals surface area contributed by atoms with E-state index >= 15 is 0 Å². The molecule has 1 rings (SSSR count). The molecule has 72 valence electrons. The van der Waals surface area contributed by atoms with Gasteiger partial charge in [-0.25, -0.2) is 0 Å². The van der Waals surface area contributed by atoms with Crippen LogP contribution in [-0.2, 0) is 4.79 Å². The zero-order chi connectivity index (χ0) is 10.6. The fraction of sp³-hybridized carbons (Fsp3) is 0.400. The minimum atomic E-state index is -0.829. The Balaban J connectivity index is 2.87. The fourth-order valence-electron chi connectivity index (χ4n) is 1.40. The molecule has 1 N–H and O–H groups in total. The van der Waals surface area contributed by atoms with Crippen LogP contribution in [0, 0.1) is 5.92 Å². The molecule has 3 nitrogen and oxygen atoms in total. The van der Waals surface area contributed by atoms with Crippen molar-refractivity contribution in [3.63, 3.8) is 0 Å². The summed E-state index contributed by atoms with van der Waals surface area (Å²) in [6.07, 6.45) is 3.64. The third-order valence-corrected chi connectivity index (χ3v) is 2.36. The van der Waals surface area contributed by atoms with E-state index in [0.29, 0.717) is 6.32 Å². The third kappa shape index (κ3) is 2.34. The van der Waals surface area contributed by atoms with E-state index in [1.165, 1.54) is 0 Å². The number of aromatic nitrogens is 1. The zero-order valence-electron chi connectivity index (χ0n) is 8.05. The van der Waals surface area contributed by atoms with Crippen molar-refractivity contribution < 1.29 is 9.90 Å². The average molecular weight is 189 g/mol. The lowest BCUT2D eigenvalue weighted by Gasteiger charge is -2.19. The third-order valence-electron chi connectivity index (χ3n) is 2.36. The summed E-state index contributed by atoms with van der Waals surface area (Å²) in [4.78, 5) is 14.7. The molecule has 1 heterocycles. The largest absolute Gasteiger partial charge is 0.481 e. The van der Waals surface area contributed by atoms with E-state index in [2.05, 4.69) is 4.98 Å². The molecule has 0 aliphatic carbocycles. The highest BCUT2D eigenvalue weighted by Crippen LogP contribution is 2.26. The number of hydrogen-bond donors (Lipinski definition) is 1. The van der Waals surface area contributed by atoms with Crippen molar-refractivity contribution >= 4 is 13.8 Å². The lowest BCUT2D eigenvalue weighted by Crippen LogP contribution is -2.18. The Kier molecular flexibility index (Phi) is 3.68. The van der Waals surface area contributed by atoms with Gasteiger partial charge in [0.1, 0.15) is 0 Å². The average Bonchev–Trinajstić information content (AvgIpc) is 2.20. The summed E-state index contributed by atoms with van der Waals surface area (Å²) in [5.41, 5.74) is 0.880. The maximum atomic E-state index is 10.8. The van der Waals surface area contributed by atoms with Gasteiger partial charge in [-0.3, -0.25) is 9.78 Å². The number of aliphatic carboxylic acids is 1. The van der Waals surface area contributed by atoms with E-state index in [-0.39, 0.29) is 5.92 Å². The first kappa shape index (κ1) is 10.8. The summed E-state index contributed by atoms with van der Waals surface area (Å²) < 4.78 is 0. The van der Waals surface area contributed by atoms with Crippen LogP contribution in [-0.4, -0.2) is 23.9 Å². The molecular formula is C10H12BNO2. The molecule has 14 heavy (non-hydrogen) atoms. The Morgan fingerprint density at radius 2 is 2.43 bits per heavy atom. The Bertz CT molecular complexity index is 302. The Morgan fingerprint density at radius 1 is 1.71 bits per heavy atom. The molecule has 2 radical (unpaired) electrons. The maximum absolute atomic E-state index is 10.8. The zero-order valence-corrected chi connectivity index (χ0v) is 8.05. The molecule has 0 saturated heterocycles. The number of carbonyl (C=O) groups is 1. The van der Waals surface area contributed by atoms with Crippen molar-refractivity contribution in [1.29, 1.82) is 0 Å². The van der Waals surface area contributed by atoms with E-state index < -0.39 is 11.9 Å². The standard InChI is InChI=1S/C10H12BNO2/c1-7(10(13)14)9(5-11)8-3-2-4-12-6-8/h2-4,6-7,9H,5H2,1H3,(H,13,14)/t7-,9?/m0/s1. The van der Waals surface area contributed by atoms with Crippen LogP contribution < -0.4 is 0 Å². The first-order valence-corrected chi connectivity index (χ1v) is 4.49. The molecule has 0 aliphatic heterocycles. The predicted molar refractivity (Wildman–Crippen MR) is 54.3 cm³/mol. The normalized spacial score (nSPS) is 14.6. The summed E-state index contributed by atoms with van der Waals surface area (Å²) in [6, 6.07) is 3.64. The molecule has 1 unspecified atom stereocenters. The van der Waals surface area contributed by atoms with Gasteiger partial charge >= 0.3 is 5.97 Å². The Hall–Kier alpha value is -1.32. The van der Waals surface area contributed by atoms with Crippen molar-refractivity contribution in [2.75, 3.05) is 0 Å². The first-order chi connectivity index (χ1) is 6.66. The van der Waals surface area contributed by atoms with Gasteiger partial charge in [0, 0.05) is 12.4 Å². The highest BCUT2D eigenvalue weighted by Gasteiger charge is 2.23. The second-order valence-electron chi connectivity index (χ2n) is 3.26. The van der Waals surface area contributed by atoms with Crippen LogP contribution in [0.4, 0.5) is 0 Å². The van der Waals surface area contributed by atoms with Crippen molar-refractivity contribution in [1.82, 2.24) is 4.98 Å². The summed E-state index contributed by atoms with van der Waals surface area (Å²) in [6.45, 7) is 1.66. The van der Waals surface area contributed by atoms with Crippen molar-refractivity contribution in [2.24, 2.45) is 5.92 Å². The smallest absolute Gasteiger partial charge is 0.306 e. The van der Waals surface area contributed by atoms with Crippen molar-refractivity contribution in [2.45, 2.75) is 19.2 Å². The number of pyridine rings is 1. The molecule has 0 amide bonds. The van der Waals surface area contributed by atoms with Crippen LogP contribution in [0.15, 0.2) is 24.5 Å². The van der Waals surface area contributed by atoms with Crippen LogP contribution >= 0.6 is 0 Å². The molecule has 0 spiro atoms. The lowest BCUT2D eigenvalue weighted by molar-refractivity contribution is -0.141. The molecule has 2 atom stereocenters. The first-order valence-electron chi connectivity index (χ1n) is 4.49. The van der Waals surface area contributed by atoms with E-state index in [1.807, 2.05) is 6.07 Å². The second-order valence-corrected chi connectivity index (χ2v) is 3.26. The minimum absolute atomic E-state index is 0.166. The van der Waals surface area contributed by atoms with Gasteiger partial charge in [0.2, 0.25) is 0 Å². The van der Waals surface area contributed by atoms with Gasteiger partial charge in [-0.05, 0) is 17.5 Å². The van der Waals surface area contributed by atoms with Crippen LogP contribution in [0.3, 0.4) is 0 Å². The minimum Gasteiger partial charge on any atom is -0.481 e. The molecule has 0 aliphatic rings. The summed E-state index contributed by atoms with van der Waals surface area (Å²) >= 11 is 0. The van der Waals surface area contributed by atoms with Crippen LogP contribution in [0.25, 0.3) is 0 Å². The van der Waals surface area contributed by atoms with E-state index in [0.717, 1.165) is 5.56 Å². The topological polar surface area (TPSA) is 50.2 Å². The number of hydrogen-bond acceptors (Lipinski definition) is 2. The molecule has 4 heteroatoms. The monoisotopic (exact) mass is 189 g/mol.